The lowest BCUT2D eigenvalue weighted by Gasteiger charge is -2.19. The fourth-order valence-electron chi connectivity index (χ4n) is 2.71. The molecule has 0 aliphatic carbocycles. The largest absolute Gasteiger partial charge is 0.417 e. The number of alkyl halides is 2. The van der Waals surface area contributed by atoms with Gasteiger partial charge in [0, 0.05) is 32.2 Å². The minimum Gasteiger partial charge on any atom is -0.417 e. The van der Waals surface area contributed by atoms with Gasteiger partial charge in [-0.25, -0.2) is 4.98 Å². The molecule has 25 heavy (non-hydrogen) atoms. The van der Waals surface area contributed by atoms with Gasteiger partial charge in [0.1, 0.15) is 5.69 Å². The van der Waals surface area contributed by atoms with Crippen molar-refractivity contribution in [1.82, 2.24) is 14.8 Å². The summed E-state index contributed by atoms with van der Waals surface area (Å²) in [6.07, 6.45) is 3.02. The average molecular weight is 352 g/mol. The number of hydrogen-bond donors (Lipinski definition) is 1. The predicted molar refractivity (Wildman–Crippen MR) is 84.8 cm³/mol. The van der Waals surface area contributed by atoms with Crippen molar-refractivity contribution in [2.45, 2.75) is 25.4 Å². The predicted octanol–water partition coefficient (Wildman–Crippen LogP) is 2.56. The Hall–Kier alpha value is -2.55. The Balaban J connectivity index is 1.67. The molecule has 3 heterocycles. The highest BCUT2D eigenvalue weighted by molar-refractivity contribution is 6.03. The van der Waals surface area contributed by atoms with Crippen molar-refractivity contribution in [3.8, 4) is 5.88 Å². The van der Waals surface area contributed by atoms with E-state index < -0.39 is 6.61 Å². The standard InChI is InChI=1S/C16H18F2N4O3/c1-22-13(8-12(21-22)10-4-6-24-7-5-10)15(23)20-11-2-3-14(19-9-11)25-16(17)18/h2-3,8-10,16H,4-7H2,1H3,(H,20,23). The van der Waals surface area contributed by atoms with Crippen LogP contribution in [-0.4, -0.2) is 40.5 Å². The molecule has 0 aromatic carbocycles. The number of nitrogens with zero attached hydrogens (tertiary/aromatic N) is 3. The van der Waals surface area contributed by atoms with Crippen molar-refractivity contribution in [1.29, 1.82) is 0 Å². The molecule has 3 rings (SSSR count). The second-order valence-electron chi connectivity index (χ2n) is 5.68. The normalized spacial score (nSPS) is 15.4. The van der Waals surface area contributed by atoms with Gasteiger partial charge in [-0.2, -0.15) is 13.9 Å². The number of hydrogen-bond acceptors (Lipinski definition) is 5. The summed E-state index contributed by atoms with van der Waals surface area (Å²) in [7, 11) is 1.70. The first kappa shape index (κ1) is 17.3. The Labute approximate surface area is 142 Å². The van der Waals surface area contributed by atoms with Crippen LogP contribution in [0.25, 0.3) is 0 Å². The number of amides is 1. The lowest BCUT2D eigenvalue weighted by atomic mass is 9.96. The highest BCUT2D eigenvalue weighted by atomic mass is 19.3. The molecule has 1 fully saturated rings. The zero-order chi connectivity index (χ0) is 17.8. The minimum absolute atomic E-state index is 0.213. The maximum atomic E-state index is 12.4. The first-order chi connectivity index (χ1) is 12.0. The molecule has 0 spiro atoms. The Bertz CT molecular complexity index is 727. The average Bonchev–Trinajstić information content (AvgIpc) is 2.99. The summed E-state index contributed by atoms with van der Waals surface area (Å²) in [5, 5.41) is 7.09. The summed E-state index contributed by atoms with van der Waals surface area (Å²) in [4.78, 5) is 16.1. The van der Waals surface area contributed by atoms with Gasteiger partial charge in [0.25, 0.3) is 5.91 Å². The molecular weight excluding hydrogens is 334 g/mol. The summed E-state index contributed by atoms with van der Waals surface area (Å²) in [5.74, 6) is -0.276. The summed E-state index contributed by atoms with van der Waals surface area (Å²) in [6.45, 7) is -1.55. The van der Waals surface area contributed by atoms with Crippen LogP contribution in [0.15, 0.2) is 24.4 Å². The summed E-state index contributed by atoms with van der Waals surface area (Å²) >= 11 is 0. The molecule has 7 nitrogen and oxygen atoms in total. The molecule has 2 aromatic rings. The minimum atomic E-state index is -2.94. The van der Waals surface area contributed by atoms with E-state index in [0.717, 1.165) is 18.5 Å². The number of aryl methyl sites for hydroxylation is 1. The van der Waals surface area contributed by atoms with E-state index in [-0.39, 0.29) is 17.7 Å². The SMILES string of the molecule is Cn1nc(C2CCOCC2)cc1C(=O)Nc1ccc(OC(F)F)nc1. The van der Waals surface area contributed by atoms with Gasteiger partial charge in [-0.1, -0.05) is 0 Å². The number of nitrogens with one attached hydrogen (secondary N) is 1. The molecule has 2 aromatic heterocycles. The molecule has 0 saturated carbocycles. The van der Waals surface area contributed by atoms with E-state index in [2.05, 4.69) is 20.1 Å². The Morgan fingerprint density at radius 2 is 2.16 bits per heavy atom. The van der Waals surface area contributed by atoms with Crippen molar-refractivity contribution in [2.75, 3.05) is 18.5 Å². The summed E-state index contributed by atoms with van der Waals surface area (Å²) in [5.41, 5.74) is 1.66. The van der Waals surface area contributed by atoms with E-state index in [1.54, 1.807) is 13.1 Å². The molecule has 9 heteroatoms. The molecule has 0 bridgehead atoms. The molecule has 1 saturated heterocycles. The van der Waals surface area contributed by atoms with Crippen LogP contribution < -0.4 is 10.1 Å². The smallest absolute Gasteiger partial charge is 0.388 e. The Morgan fingerprint density at radius 1 is 1.40 bits per heavy atom. The Morgan fingerprint density at radius 3 is 2.80 bits per heavy atom. The van der Waals surface area contributed by atoms with Crippen LogP contribution >= 0.6 is 0 Å². The van der Waals surface area contributed by atoms with E-state index in [1.165, 1.54) is 23.0 Å². The number of anilines is 1. The fraction of sp³-hybridized carbons (Fsp3) is 0.438. The van der Waals surface area contributed by atoms with Gasteiger partial charge in [-0.15, -0.1) is 0 Å². The van der Waals surface area contributed by atoms with Crippen molar-refractivity contribution in [3.05, 3.63) is 35.8 Å². The van der Waals surface area contributed by atoms with Crippen LogP contribution in [-0.2, 0) is 11.8 Å². The van der Waals surface area contributed by atoms with Crippen LogP contribution in [0.2, 0.25) is 0 Å². The van der Waals surface area contributed by atoms with Gasteiger partial charge in [-0.3, -0.25) is 9.48 Å². The summed E-state index contributed by atoms with van der Waals surface area (Å²) in [6, 6.07) is 4.48. The number of pyridine rings is 1. The van der Waals surface area contributed by atoms with Gasteiger partial charge in [0.05, 0.1) is 17.6 Å². The zero-order valence-electron chi connectivity index (χ0n) is 13.6. The van der Waals surface area contributed by atoms with E-state index in [9.17, 15) is 13.6 Å². The molecule has 1 aliphatic rings. The molecule has 0 radical (unpaired) electrons. The summed E-state index contributed by atoms with van der Waals surface area (Å²) < 4.78 is 35.2. The number of carbonyl (C=O) groups excluding carboxylic acids is 1. The first-order valence-corrected chi connectivity index (χ1v) is 7.87. The highest BCUT2D eigenvalue weighted by Crippen LogP contribution is 2.26. The molecule has 1 aliphatic heterocycles. The van der Waals surface area contributed by atoms with E-state index in [0.29, 0.717) is 24.6 Å². The lowest BCUT2D eigenvalue weighted by molar-refractivity contribution is -0.0528. The van der Waals surface area contributed by atoms with Gasteiger partial charge in [0.15, 0.2) is 0 Å². The number of carbonyl (C=O) groups is 1. The van der Waals surface area contributed by atoms with Crippen molar-refractivity contribution < 1.29 is 23.0 Å². The van der Waals surface area contributed by atoms with Gasteiger partial charge in [0.2, 0.25) is 5.88 Å². The number of rotatable bonds is 5. The first-order valence-electron chi connectivity index (χ1n) is 7.87. The molecule has 134 valence electrons. The fourth-order valence-corrected chi connectivity index (χ4v) is 2.71. The molecule has 1 amide bonds. The molecule has 0 atom stereocenters. The second-order valence-corrected chi connectivity index (χ2v) is 5.68. The maximum Gasteiger partial charge on any atom is 0.388 e. The van der Waals surface area contributed by atoms with Gasteiger partial charge < -0.3 is 14.8 Å². The molecule has 0 unspecified atom stereocenters. The van der Waals surface area contributed by atoms with Crippen LogP contribution in [0.1, 0.15) is 34.9 Å². The third-order valence-corrected chi connectivity index (χ3v) is 3.97. The van der Waals surface area contributed by atoms with Crippen molar-refractivity contribution >= 4 is 11.6 Å². The number of ether oxygens (including phenoxy) is 2. The van der Waals surface area contributed by atoms with E-state index in [4.69, 9.17) is 4.74 Å². The monoisotopic (exact) mass is 352 g/mol. The molecular formula is C16H18F2N4O3. The lowest BCUT2D eigenvalue weighted by Crippen LogP contribution is -2.16. The van der Waals surface area contributed by atoms with E-state index >= 15 is 0 Å². The Kier molecular flexibility index (Phi) is 5.22. The topological polar surface area (TPSA) is 78.3 Å². The van der Waals surface area contributed by atoms with Gasteiger partial charge in [-0.05, 0) is 25.0 Å². The van der Waals surface area contributed by atoms with Crippen molar-refractivity contribution in [3.63, 3.8) is 0 Å². The van der Waals surface area contributed by atoms with Crippen molar-refractivity contribution in [2.24, 2.45) is 7.05 Å². The van der Waals surface area contributed by atoms with Crippen LogP contribution in [0.5, 0.6) is 5.88 Å². The third-order valence-electron chi connectivity index (χ3n) is 3.97. The number of aromatic nitrogens is 3. The van der Waals surface area contributed by atoms with Crippen LogP contribution in [0, 0.1) is 0 Å². The third kappa shape index (κ3) is 4.30. The van der Waals surface area contributed by atoms with Crippen LogP contribution in [0.3, 0.4) is 0 Å². The maximum absolute atomic E-state index is 12.4. The quantitative estimate of drug-likeness (QED) is 0.895. The zero-order valence-corrected chi connectivity index (χ0v) is 13.6. The number of halogens is 2. The van der Waals surface area contributed by atoms with Crippen LogP contribution in [0.4, 0.5) is 14.5 Å². The van der Waals surface area contributed by atoms with Gasteiger partial charge >= 0.3 is 6.61 Å². The highest BCUT2D eigenvalue weighted by Gasteiger charge is 2.22. The van der Waals surface area contributed by atoms with E-state index in [1.807, 2.05) is 0 Å². The molecule has 1 N–H and O–H groups in total. The second kappa shape index (κ2) is 7.56.